The van der Waals surface area contributed by atoms with Gasteiger partial charge >= 0.3 is 0 Å². The maximum absolute atomic E-state index is 12.6. The Morgan fingerprint density at radius 1 is 1.31 bits per heavy atom. The zero-order chi connectivity index (χ0) is 17.9. The van der Waals surface area contributed by atoms with Gasteiger partial charge in [0, 0.05) is 42.8 Å². The van der Waals surface area contributed by atoms with Crippen LogP contribution in [0.25, 0.3) is 0 Å². The molecule has 0 saturated carbocycles. The average molecular weight is 369 g/mol. The van der Waals surface area contributed by atoms with Crippen LogP contribution in [0.15, 0.2) is 30.6 Å². The molecule has 0 unspecified atom stereocenters. The summed E-state index contributed by atoms with van der Waals surface area (Å²) in [7, 11) is 0. The Bertz CT molecular complexity index is 797. The molecular formula is C20H23N3O2S. The van der Waals surface area contributed by atoms with Gasteiger partial charge in [-0.15, -0.1) is 11.3 Å². The fourth-order valence-electron chi connectivity index (χ4n) is 3.77. The highest BCUT2D eigenvalue weighted by atomic mass is 32.1. The predicted octanol–water partition coefficient (Wildman–Crippen LogP) is 2.80. The third-order valence-corrected chi connectivity index (χ3v) is 6.47. The van der Waals surface area contributed by atoms with Gasteiger partial charge in [-0.3, -0.25) is 14.6 Å². The molecule has 5 nitrogen and oxygen atoms in total. The van der Waals surface area contributed by atoms with Gasteiger partial charge in [-0.25, -0.2) is 0 Å². The number of pyridine rings is 1. The van der Waals surface area contributed by atoms with E-state index in [1.807, 2.05) is 23.1 Å². The van der Waals surface area contributed by atoms with Gasteiger partial charge in [0.25, 0.3) is 5.91 Å². The minimum Gasteiger partial charge on any atom is -0.352 e. The standard InChI is InChI=1S/C20H23N3O2S/c24-19(22-13-14-4-3-7-21-12-14)15-5-6-17-16(10-15)11-18(26-17)20(25)23-8-1-2-9-23/h3-4,7,11-12,15H,1-2,5-6,8-10,13H2,(H,22,24)/t15-/m1/s1. The summed E-state index contributed by atoms with van der Waals surface area (Å²) in [6.07, 6.45) is 8.19. The monoisotopic (exact) mass is 369 g/mol. The smallest absolute Gasteiger partial charge is 0.263 e. The summed E-state index contributed by atoms with van der Waals surface area (Å²) in [6, 6.07) is 5.86. The van der Waals surface area contributed by atoms with Crippen molar-refractivity contribution in [3.63, 3.8) is 0 Å². The third kappa shape index (κ3) is 3.65. The third-order valence-electron chi connectivity index (χ3n) is 5.25. The number of carbonyl (C=O) groups excluding carboxylic acids is 2. The molecule has 0 aromatic carbocycles. The molecule has 1 aliphatic heterocycles. The summed E-state index contributed by atoms with van der Waals surface area (Å²) in [5, 5.41) is 3.02. The number of hydrogen-bond donors (Lipinski definition) is 1. The second-order valence-corrected chi connectivity index (χ2v) is 8.21. The van der Waals surface area contributed by atoms with Gasteiger partial charge in [-0.1, -0.05) is 6.07 Å². The minimum absolute atomic E-state index is 0.0106. The fourth-order valence-corrected chi connectivity index (χ4v) is 4.94. The van der Waals surface area contributed by atoms with Gasteiger partial charge < -0.3 is 10.2 Å². The molecule has 1 saturated heterocycles. The van der Waals surface area contributed by atoms with Crippen molar-refractivity contribution in [3.05, 3.63) is 51.5 Å². The Labute approximate surface area is 157 Å². The van der Waals surface area contributed by atoms with Gasteiger partial charge in [0.15, 0.2) is 0 Å². The van der Waals surface area contributed by atoms with E-state index in [0.29, 0.717) is 6.54 Å². The first kappa shape index (κ1) is 17.2. The Morgan fingerprint density at radius 2 is 2.15 bits per heavy atom. The number of hydrogen-bond acceptors (Lipinski definition) is 4. The van der Waals surface area contributed by atoms with Crippen LogP contribution in [-0.4, -0.2) is 34.8 Å². The van der Waals surface area contributed by atoms with Gasteiger partial charge in [0.1, 0.15) is 0 Å². The van der Waals surface area contributed by atoms with E-state index >= 15 is 0 Å². The highest BCUT2D eigenvalue weighted by Crippen LogP contribution is 2.33. The second-order valence-electron chi connectivity index (χ2n) is 7.08. The summed E-state index contributed by atoms with van der Waals surface area (Å²) in [4.78, 5) is 33.3. The van der Waals surface area contributed by atoms with Gasteiger partial charge in [0.05, 0.1) is 4.88 Å². The van der Waals surface area contributed by atoms with Crippen molar-refractivity contribution in [2.75, 3.05) is 13.1 Å². The van der Waals surface area contributed by atoms with E-state index in [2.05, 4.69) is 10.3 Å². The van der Waals surface area contributed by atoms with Crippen LogP contribution in [0, 0.1) is 5.92 Å². The minimum atomic E-state index is -0.0106. The molecule has 1 N–H and O–H groups in total. The maximum atomic E-state index is 12.6. The molecule has 2 aliphatic rings. The van der Waals surface area contributed by atoms with Crippen molar-refractivity contribution in [1.29, 1.82) is 0 Å². The van der Waals surface area contributed by atoms with Crippen molar-refractivity contribution >= 4 is 23.2 Å². The van der Waals surface area contributed by atoms with Crippen molar-refractivity contribution in [1.82, 2.24) is 15.2 Å². The fraction of sp³-hybridized carbons (Fsp3) is 0.450. The lowest BCUT2D eigenvalue weighted by Gasteiger charge is -2.21. The molecule has 4 rings (SSSR count). The molecule has 6 heteroatoms. The molecule has 136 valence electrons. The number of aryl methyl sites for hydroxylation is 1. The number of nitrogens with one attached hydrogen (secondary N) is 1. The molecule has 0 spiro atoms. The van der Waals surface area contributed by atoms with E-state index in [9.17, 15) is 9.59 Å². The summed E-state index contributed by atoms with van der Waals surface area (Å²) in [6.45, 7) is 2.26. The molecule has 2 amide bonds. The Morgan fingerprint density at radius 3 is 2.92 bits per heavy atom. The molecule has 26 heavy (non-hydrogen) atoms. The SMILES string of the molecule is O=C(NCc1cccnc1)[C@@H]1CCc2sc(C(=O)N3CCCC3)cc2C1. The van der Waals surface area contributed by atoms with E-state index in [1.165, 1.54) is 10.4 Å². The Kier molecular flexibility index (Phi) is 5.02. The van der Waals surface area contributed by atoms with Crippen LogP contribution in [-0.2, 0) is 24.2 Å². The Hall–Kier alpha value is -2.21. The van der Waals surface area contributed by atoms with Crippen molar-refractivity contribution < 1.29 is 9.59 Å². The van der Waals surface area contributed by atoms with E-state index in [0.717, 1.165) is 55.6 Å². The summed E-state index contributed by atoms with van der Waals surface area (Å²) >= 11 is 1.62. The first-order chi connectivity index (χ1) is 12.7. The quantitative estimate of drug-likeness (QED) is 0.901. The topological polar surface area (TPSA) is 62.3 Å². The number of fused-ring (bicyclic) bond motifs is 1. The lowest BCUT2D eigenvalue weighted by atomic mass is 9.87. The highest BCUT2D eigenvalue weighted by Gasteiger charge is 2.29. The summed E-state index contributed by atoms with van der Waals surface area (Å²) < 4.78 is 0. The Balaban J connectivity index is 1.38. The second kappa shape index (κ2) is 7.58. The average Bonchev–Trinajstić information content (AvgIpc) is 3.35. The normalized spacial score (nSPS) is 19.2. The van der Waals surface area contributed by atoms with Crippen LogP contribution < -0.4 is 5.32 Å². The zero-order valence-corrected chi connectivity index (χ0v) is 15.6. The van der Waals surface area contributed by atoms with Crippen LogP contribution in [0.2, 0.25) is 0 Å². The highest BCUT2D eigenvalue weighted by molar-refractivity contribution is 7.14. The molecule has 0 radical (unpaired) electrons. The van der Waals surface area contributed by atoms with Crippen LogP contribution in [0.5, 0.6) is 0 Å². The predicted molar refractivity (Wildman–Crippen MR) is 101 cm³/mol. The molecule has 1 fully saturated rings. The lowest BCUT2D eigenvalue weighted by Crippen LogP contribution is -2.33. The number of aromatic nitrogens is 1. The van der Waals surface area contributed by atoms with Crippen LogP contribution in [0.4, 0.5) is 0 Å². The van der Waals surface area contributed by atoms with E-state index in [-0.39, 0.29) is 17.7 Å². The molecule has 1 aliphatic carbocycles. The van der Waals surface area contributed by atoms with Crippen molar-refractivity contribution in [2.24, 2.45) is 5.92 Å². The van der Waals surface area contributed by atoms with E-state index in [1.54, 1.807) is 23.7 Å². The molecule has 3 heterocycles. The van der Waals surface area contributed by atoms with Crippen molar-refractivity contribution in [2.45, 2.75) is 38.6 Å². The molecule has 2 aromatic heterocycles. The summed E-state index contributed by atoms with van der Waals surface area (Å²) in [5.74, 6) is 0.251. The van der Waals surface area contributed by atoms with Gasteiger partial charge in [0.2, 0.25) is 5.91 Å². The van der Waals surface area contributed by atoms with Crippen molar-refractivity contribution in [3.8, 4) is 0 Å². The molecule has 0 bridgehead atoms. The lowest BCUT2D eigenvalue weighted by molar-refractivity contribution is -0.125. The number of carbonyl (C=O) groups is 2. The molecule has 2 aromatic rings. The van der Waals surface area contributed by atoms with Gasteiger partial charge in [-0.2, -0.15) is 0 Å². The van der Waals surface area contributed by atoms with Crippen LogP contribution >= 0.6 is 11.3 Å². The van der Waals surface area contributed by atoms with Crippen LogP contribution in [0.1, 0.15) is 44.9 Å². The first-order valence-electron chi connectivity index (χ1n) is 9.28. The van der Waals surface area contributed by atoms with E-state index < -0.39 is 0 Å². The molecule has 1 atom stereocenters. The van der Waals surface area contributed by atoms with Gasteiger partial charge in [-0.05, 0) is 55.4 Å². The zero-order valence-electron chi connectivity index (χ0n) is 14.7. The number of likely N-dealkylation sites (tertiary alicyclic amines) is 1. The first-order valence-corrected chi connectivity index (χ1v) is 10.1. The molecular weight excluding hydrogens is 346 g/mol. The maximum Gasteiger partial charge on any atom is 0.263 e. The number of amides is 2. The van der Waals surface area contributed by atoms with Crippen LogP contribution in [0.3, 0.4) is 0 Å². The van der Waals surface area contributed by atoms with E-state index in [4.69, 9.17) is 0 Å². The number of thiophene rings is 1. The largest absolute Gasteiger partial charge is 0.352 e. The summed E-state index contributed by atoms with van der Waals surface area (Å²) in [5.41, 5.74) is 2.19. The number of nitrogens with zero attached hydrogens (tertiary/aromatic N) is 2. The number of rotatable bonds is 4.